The molecule has 0 saturated heterocycles. The molecule has 0 fully saturated rings. The highest BCUT2D eigenvalue weighted by Gasteiger charge is 2.13. The Kier molecular flexibility index (Phi) is 9.34. The summed E-state index contributed by atoms with van der Waals surface area (Å²) >= 11 is 0. The van der Waals surface area contributed by atoms with Gasteiger partial charge in [0.2, 0.25) is 5.91 Å². The first-order chi connectivity index (χ1) is 16.6. The SMILES string of the molecule is CCN(CC)C(=O)c1cccc(NC(=O)CNc2ccc(OCCOc3ccccc3)cc2)c1. The van der Waals surface area contributed by atoms with Gasteiger partial charge < -0.3 is 25.0 Å². The first-order valence-electron chi connectivity index (χ1n) is 11.4. The summed E-state index contributed by atoms with van der Waals surface area (Å²) in [5.74, 6) is 1.28. The van der Waals surface area contributed by atoms with Crippen LogP contribution in [0.5, 0.6) is 11.5 Å². The molecule has 0 aliphatic heterocycles. The Morgan fingerprint density at radius 3 is 2.06 bits per heavy atom. The van der Waals surface area contributed by atoms with Gasteiger partial charge in [0.15, 0.2) is 0 Å². The molecule has 2 amide bonds. The normalized spacial score (nSPS) is 10.3. The van der Waals surface area contributed by atoms with Crippen LogP contribution in [0.1, 0.15) is 24.2 Å². The standard InChI is InChI=1S/C27H31N3O4/c1-3-30(4-2)27(32)21-9-8-10-23(19-21)29-26(31)20-28-22-13-15-25(16-14-22)34-18-17-33-24-11-6-5-7-12-24/h5-16,19,28H,3-4,17-18,20H2,1-2H3,(H,29,31). The maximum atomic E-state index is 12.5. The number of benzene rings is 3. The van der Waals surface area contributed by atoms with Crippen LogP contribution in [0.25, 0.3) is 0 Å². The Morgan fingerprint density at radius 1 is 0.765 bits per heavy atom. The van der Waals surface area contributed by atoms with Crippen molar-refractivity contribution in [1.29, 1.82) is 0 Å². The van der Waals surface area contributed by atoms with Gasteiger partial charge in [-0.05, 0) is 68.4 Å². The number of carbonyl (C=O) groups excluding carboxylic acids is 2. The van der Waals surface area contributed by atoms with Crippen LogP contribution in [0.15, 0.2) is 78.9 Å². The largest absolute Gasteiger partial charge is 0.490 e. The van der Waals surface area contributed by atoms with Gasteiger partial charge in [-0.15, -0.1) is 0 Å². The Balaban J connectivity index is 1.41. The third-order valence-electron chi connectivity index (χ3n) is 5.12. The summed E-state index contributed by atoms with van der Waals surface area (Å²) in [6.07, 6.45) is 0. The van der Waals surface area contributed by atoms with Gasteiger partial charge in [0.1, 0.15) is 24.7 Å². The van der Waals surface area contributed by atoms with E-state index in [1.807, 2.05) is 68.4 Å². The van der Waals surface area contributed by atoms with Crippen LogP contribution in [0.3, 0.4) is 0 Å². The first-order valence-corrected chi connectivity index (χ1v) is 11.4. The van der Waals surface area contributed by atoms with Crippen molar-refractivity contribution in [3.8, 4) is 11.5 Å². The van der Waals surface area contributed by atoms with Crippen LogP contribution in [0.2, 0.25) is 0 Å². The quantitative estimate of drug-likeness (QED) is 0.383. The molecule has 0 unspecified atom stereocenters. The zero-order valence-corrected chi connectivity index (χ0v) is 19.6. The van der Waals surface area contributed by atoms with Crippen molar-refractivity contribution in [1.82, 2.24) is 4.90 Å². The number of nitrogens with zero attached hydrogens (tertiary/aromatic N) is 1. The van der Waals surface area contributed by atoms with E-state index in [9.17, 15) is 9.59 Å². The molecule has 3 aromatic carbocycles. The number of rotatable bonds is 12. The molecule has 0 heterocycles. The van der Waals surface area contributed by atoms with Gasteiger partial charge in [0, 0.05) is 30.0 Å². The first kappa shape index (κ1) is 24.6. The van der Waals surface area contributed by atoms with E-state index in [0.717, 1.165) is 17.2 Å². The lowest BCUT2D eigenvalue weighted by Gasteiger charge is -2.19. The highest BCUT2D eigenvalue weighted by atomic mass is 16.5. The monoisotopic (exact) mass is 461 g/mol. The van der Waals surface area contributed by atoms with Crippen LogP contribution in [0, 0.1) is 0 Å². The molecule has 0 radical (unpaired) electrons. The van der Waals surface area contributed by atoms with Crippen molar-refractivity contribution in [3.05, 3.63) is 84.4 Å². The Morgan fingerprint density at radius 2 is 1.41 bits per heavy atom. The average molecular weight is 462 g/mol. The lowest BCUT2D eigenvalue weighted by Crippen LogP contribution is -2.30. The molecule has 0 saturated carbocycles. The highest BCUT2D eigenvalue weighted by Crippen LogP contribution is 2.17. The zero-order chi connectivity index (χ0) is 24.2. The number of anilines is 2. The summed E-state index contributed by atoms with van der Waals surface area (Å²) in [6, 6.07) is 24.0. The summed E-state index contributed by atoms with van der Waals surface area (Å²) in [6.45, 7) is 6.14. The minimum Gasteiger partial charge on any atom is -0.490 e. The third-order valence-corrected chi connectivity index (χ3v) is 5.12. The predicted octanol–water partition coefficient (Wildman–Crippen LogP) is 4.68. The fourth-order valence-corrected chi connectivity index (χ4v) is 3.32. The maximum absolute atomic E-state index is 12.5. The van der Waals surface area contributed by atoms with Crippen molar-refractivity contribution < 1.29 is 19.1 Å². The predicted molar refractivity (Wildman–Crippen MR) is 135 cm³/mol. The number of para-hydroxylation sites is 1. The summed E-state index contributed by atoms with van der Waals surface area (Å²) in [7, 11) is 0. The highest BCUT2D eigenvalue weighted by molar-refractivity contribution is 5.98. The van der Waals surface area contributed by atoms with Crippen LogP contribution < -0.4 is 20.1 Å². The van der Waals surface area contributed by atoms with Gasteiger partial charge in [-0.1, -0.05) is 24.3 Å². The van der Waals surface area contributed by atoms with E-state index in [1.54, 1.807) is 29.2 Å². The minimum absolute atomic E-state index is 0.0480. The van der Waals surface area contributed by atoms with Crippen molar-refractivity contribution in [2.45, 2.75) is 13.8 Å². The van der Waals surface area contributed by atoms with Crippen LogP contribution in [0.4, 0.5) is 11.4 Å². The van der Waals surface area contributed by atoms with E-state index in [1.165, 1.54) is 0 Å². The molecule has 0 bridgehead atoms. The van der Waals surface area contributed by atoms with Gasteiger partial charge >= 0.3 is 0 Å². The van der Waals surface area contributed by atoms with Crippen molar-refractivity contribution in [2.75, 3.05) is 43.5 Å². The van der Waals surface area contributed by atoms with Crippen LogP contribution in [-0.4, -0.2) is 49.6 Å². The summed E-state index contributed by atoms with van der Waals surface area (Å²) in [5, 5.41) is 5.92. The average Bonchev–Trinajstić information content (AvgIpc) is 2.87. The Hall–Kier alpha value is -4.00. The molecule has 0 aliphatic rings. The summed E-state index contributed by atoms with van der Waals surface area (Å²) in [4.78, 5) is 26.6. The molecule has 0 spiro atoms. The Labute approximate surface area is 200 Å². The number of nitrogens with one attached hydrogen (secondary N) is 2. The second-order valence-corrected chi connectivity index (χ2v) is 7.49. The number of carbonyl (C=O) groups is 2. The van der Waals surface area contributed by atoms with Gasteiger partial charge in [0.25, 0.3) is 5.91 Å². The molecule has 0 aromatic heterocycles. The zero-order valence-electron chi connectivity index (χ0n) is 19.6. The molecule has 7 nitrogen and oxygen atoms in total. The van der Waals surface area contributed by atoms with Crippen molar-refractivity contribution in [2.24, 2.45) is 0 Å². The maximum Gasteiger partial charge on any atom is 0.253 e. The van der Waals surface area contributed by atoms with E-state index in [0.29, 0.717) is 37.6 Å². The van der Waals surface area contributed by atoms with Gasteiger partial charge in [-0.25, -0.2) is 0 Å². The molecule has 3 aromatic rings. The Bertz CT molecular complexity index is 1050. The van der Waals surface area contributed by atoms with Crippen molar-refractivity contribution >= 4 is 23.2 Å². The van der Waals surface area contributed by atoms with Gasteiger partial charge in [-0.2, -0.15) is 0 Å². The molecular formula is C27H31N3O4. The van der Waals surface area contributed by atoms with E-state index in [2.05, 4.69) is 10.6 Å². The van der Waals surface area contributed by atoms with Gasteiger partial charge in [0.05, 0.1) is 6.54 Å². The topological polar surface area (TPSA) is 79.9 Å². The number of ether oxygens (including phenoxy) is 2. The number of hydrogen-bond donors (Lipinski definition) is 2. The van der Waals surface area contributed by atoms with Gasteiger partial charge in [-0.3, -0.25) is 9.59 Å². The molecule has 178 valence electrons. The van der Waals surface area contributed by atoms with Crippen LogP contribution >= 0.6 is 0 Å². The fraction of sp³-hybridized carbons (Fsp3) is 0.259. The van der Waals surface area contributed by atoms with Crippen molar-refractivity contribution in [3.63, 3.8) is 0 Å². The summed E-state index contributed by atoms with van der Waals surface area (Å²) in [5.41, 5.74) is 1.94. The second-order valence-electron chi connectivity index (χ2n) is 7.49. The van der Waals surface area contributed by atoms with E-state index in [-0.39, 0.29) is 18.4 Å². The molecule has 2 N–H and O–H groups in total. The number of hydrogen-bond acceptors (Lipinski definition) is 5. The third kappa shape index (κ3) is 7.55. The molecule has 7 heteroatoms. The van der Waals surface area contributed by atoms with E-state index in [4.69, 9.17) is 9.47 Å². The fourth-order valence-electron chi connectivity index (χ4n) is 3.32. The van der Waals surface area contributed by atoms with E-state index < -0.39 is 0 Å². The molecule has 0 aliphatic carbocycles. The van der Waals surface area contributed by atoms with Crippen LogP contribution in [-0.2, 0) is 4.79 Å². The molecular weight excluding hydrogens is 430 g/mol. The summed E-state index contributed by atoms with van der Waals surface area (Å²) < 4.78 is 11.3. The lowest BCUT2D eigenvalue weighted by atomic mass is 10.1. The minimum atomic E-state index is -0.203. The molecule has 0 atom stereocenters. The number of amides is 2. The second kappa shape index (κ2) is 12.9. The molecule has 3 rings (SSSR count). The lowest BCUT2D eigenvalue weighted by molar-refractivity contribution is -0.114. The smallest absolute Gasteiger partial charge is 0.253 e. The molecule has 34 heavy (non-hydrogen) atoms. The van der Waals surface area contributed by atoms with E-state index >= 15 is 0 Å².